The Balaban J connectivity index is 2.18. The van der Waals surface area contributed by atoms with Gasteiger partial charge in [-0.05, 0) is 31.2 Å². The highest BCUT2D eigenvalue weighted by Gasteiger charge is 2.12. The van der Waals surface area contributed by atoms with E-state index in [1.165, 1.54) is 0 Å². The first-order valence-corrected chi connectivity index (χ1v) is 4.20. The predicted octanol–water partition coefficient (Wildman–Crippen LogP) is 0.968. The van der Waals surface area contributed by atoms with E-state index in [1.54, 1.807) is 6.34 Å². The number of benzene rings is 1. The second kappa shape index (κ2) is 3.06. The van der Waals surface area contributed by atoms with E-state index in [9.17, 15) is 0 Å². The number of hydrogen-bond acceptors (Lipinski definition) is 4. The molecule has 0 aromatic heterocycles. The van der Waals surface area contributed by atoms with Crippen molar-refractivity contribution in [2.75, 3.05) is 10.7 Å². The minimum Gasteiger partial charge on any atom is -0.399 e. The van der Waals surface area contributed by atoms with Gasteiger partial charge in [0.1, 0.15) is 12.5 Å². The zero-order chi connectivity index (χ0) is 9.26. The van der Waals surface area contributed by atoms with Gasteiger partial charge in [0.2, 0.25) is 0 Å². The van der Waals surface area contributed by atoms with Gasteiger partial charge in [0.15, 0.2) is 0 Å². The number of nitrogens with two attached hydrogens (primary N) is 1. The predicted molar refractivity (Wildman–Crippen MR) is 54.4 cm³/mol. The van der Waals surface area contributed by atoms with Gasteiger partial charge in [0.05, 0.1) is 5.69 Å². The Bertz CT molecular complexity index is 317. The molecule has 68 valence electrons. The van der Waals surface area contributed by atoms with Crippen molar-refractivity contribution in [1.29, 1.82) is 0 Å². The zero-order valence-corrected chi connectivity index (χ0v) is 7.44. The van der Waals surface area contributed by atoms with E-state index in [4.69, 9.17) is 5.73 Å². The van der Waals surface area contributed by atoms with Crippen LogP contribution < -0.4 is 16.2 Å². The Morgan fingerprint density at radius 2 is 2.08 bits per heavy atom. The van der Waals surface area contributed by atoms with Crippen LogP contribution in [0.15, 0.2) is 29.3 Å². The van der Waals surface area contributed by atoms with E-state index in [-0.39, 0.29) is 6.17 Å². The van der Waals surface area contributed by atoms with E-state index in [1.807, 2.05) is 36.2 Å². The summed E-state index contributed by atoms with van der Waals surface area (Å²) in [6.07, 6.45) is 1.92. The third-order valence-electron chi connectivity index (χ3n) is 1.90. The summed E-state index contributed by atoms with van der Waals surface area (Å²) in [5.74, 6) is 0. The largest absolute Gasteiger partial charge is 0.399 e. The summed E-state index contributed by atoms with van der Waals surface area (Å²) < 4.78 is 0. The molecule has 0 radical (unpaired) electrons. The maximum Gasteiger partial charge on any atom is 0.116 e. The molecule has 0 saturated heterocycles. The molecule has 0 aliphatic carbocycles. The third kappa shape index (κ3) is 1.62. The smallest absolute Gasteiger partial charge is 0.116 e. The Hall–Kier alpha value is -1.55. The van der Waals surface area contributed by atoms with Crippen LogP contribution in [0.3, 0.4) is 0 Å². The van der Waals surface area contributed by atoms with E-state index >= 15 is 0 Å². The van der Waals surface area contributed by atoms with Crippen LogP contribution in [0, 0.1) is 0 Å². The van der Waals surface area contributed by atoms with Gasteiger partial charge < -0.3 is 5.73 Å². The summed E-state index contributed by atoms with van der Waals surface area (Å²) in [4.78, 5) is 4.17. The molecule has 0 saturated carbocycles. The maximum atomic E-state index is 5.58. The summed E-state index contributed by atoms with van der Waals surface area (Å²) in [6, 6.07) is 7.64. The zero-order valence-electron chi connectivity index (χ0n) is 7.44. The number of nitrogens with one attached hydrogen (secondary N) is 1. The third-order valence-corrected chi connectivity index (χ3v) is 1.90. The average molecular weight is 176 g/mol. The fourth-order valence-electron chi connectivity index (χ4n) is 1.21. The first kappa shape index (κ1) is 8.07. The fourth-order valence-corrected chi connectivity index (χ4v) is 1.21. The lowest BCUT2D eigenvalue weighted by Gasteiger charge is -2.15. The highest BCUT2D eigenvalue weighted by atomic mass is 15.6. The lowest BCUT2D eigenvalue weighted by atomic mass is 10.3. The first-order chi connectivity index (χ1) is 6.25. The molecule has 1 atom stereocenters. The van der Waals surface area contributed by atoms with E-state index in [2.05, 4.69) is 10.4 Å². The van der Waals surface area contributed by atoms with Crippen molar-refractivity contribution in [3.05, 3.63) is 24.3 Å². The summed E-state index contributed by atoms with van der Waals surface area (Å²) in [5, 5.41) is 1.88. The summed E-state index contributed by atoms with van der Waals surface area (Å²) in [6.45, 7) is 1.99. The molecule has 1 aromatic rings. The average Bonchev–Trinajstić information content (AvgIpc) is 2.53. The van der Waals surface area contributed by atoms with Crippen LogP contribution in [0.4, 0.5) is 11.4 Å². The molecule has 1 aliphatic rings. The molecule has 0 bridgehead atoms. The fraction of sp³-hybridized carbons (Fsp3) is 0.222. The molecular formula is C9H12N4. The first-order valence-electron chi connectivity index (χ1n) is 4.20. The molecule has 0 fully saturated rings. The molecule has 1 aliphatic heterocycles. The highest BCUT2D eigenvalue weighted by Crippen LogP contribution is 2.15. The number of hydrazine groups is 1. The lowest BCUT2D eigenvalue weighted by Crippen LogP contribution is -2.35. The number of hydrogen-bond donors (Lipinski definition) is 2. The Morgan fingerprint density at radius 3 is 2.62 bits per heavy atom. The molecule has 4 heteroatoms. The van der Waals surface area contributed by atoms with Crippen molar-refractivity contribution in [3.63, 3.8) is 0 Å². The molecule has 0 spiro atoms. The van der Waals surface area contributed by atoms with Gasteiger partial charge in [-0.25, -0.2) is 5.43 Å². The molecule has 0 amide bonds. The normalized spacial score (nSPS) is 21.0. The van der Waals surface area contributed by atoms with Crippen LogP contribution in [0.2, 0.25) is 0 Å². The Morgan fingerprint density at radius 1 is 1.38 bits per heavy atom. The van der Waals surface area contributed by atoms with Crippen molar-refractivity contribution in [2.45, 2.75) is 13.1 Å². The van der Waals surface area contributed by atoms with Crippen molar-refractivity contribution >= 4 is 17.7 Å². The van der Waals surface area contributed by atoms with Crippen LogP contribution in [0.5, 0.6) is 0 Å². The monoisotopic (exact) mass is 176 g/mol. The minimum absolute atomic E-state index is 0.151. The van der Waals surface area contributed by atoms with Crippen LogP contribution >= 0.6 is 0 Å². The highest BCUT2D eigenvalue weighted by molar-refractivity contribution is 5.80. The standard InChI is InChI=1S/C9H12N4/c1-7-11-6-13(12-7)9-4-2-8(10)3-5-9/h2-7,12H,10H2,1H3. The summed E-state index contributed by atoms with van der Waals surface area (Å²) in [7, 11) is 0. The van der Waals surface area contributed by atoms with Crippen LogP contribution in [-0.4, -0.2) is 12.5 Å². The van der Waals surface area contributed by atoms with Gasteiger partial charge >= 0.3 is 0 Å². The molecule has 1 heterocycles. The maximum absolute atomic E-state index is 5.58. The number of aliphatic imine (C=N–C) groups is 1. The van der Waals surface area contributed by atoms with Gasteiger partial charge in [-0.2, -0.15) is 0 Å². The topological polar surface area (TPSA) is 53.6 Å². The van der Waals surface area contributed by atoms with Gasteiger partial charge in [0, 0.05) is 5.69 Å². The van der Waals surface area contributed by atoms with Crippen molar-refractivity contribution < 1.29 is 0 Å². The SMILES string of the molecule is CC1N=CN(c2ccc(N)cc2)N1. The molecule has 1 unspecified atom stereocenters. The van der Waals surface area contributed by atoms with Crippen LogP contribution in [0.1, 0.15) is 6.92 Å². The number of nitrogen functional groups attached to an aromatic ring is 1. The molecule has 3 N–H and O–H groups in total. The molecule has 13 heavy (non-hydrogen) atoms. The van der Waals surface area contributed by atoms with E-state index in [0.717, 1.165) is 11.4 Å². The van der Waals surface area contributed by atoms with Gasteiger partial charge in [0.25, 0.3) is 0 Å². The second-order valence-corrected chi connectivity index (χ2v) is 3.03. The molecule has 4 nitrogen and oxygen atoms in total. The van der Waals surface area contributed by atoms with Crippen molar-refractivity contribution in [2.24, 2.45) is 4.99 Å². The van der Waals surface area contributed by atoms with E-state index < -0.39 is 0 Å². The Labute approximate surface area is 77.0 Å². The van der Waals surface area contributed by atoms with Crippen LogP contribution in [0.25, 0.3) is 0 Å². The van der Waals surface area contributed by atoms with Gasteiger partial charge in [-0.15, -0.1) is 0 Å². The van der Waals surface area contributed by atoms with Gasteiger partial charge in [-0.3, -0.25) is 10.0 Å². The van der Waals surface area contributed by atoms with E-state index in [0.29, 0.717) is 0 Å². The number of nitrogens with zero attached hydrogens (tertiary/aromatic N) is 2. The van der Waals surface area contributed by atoms with Crippen molar-refractivity contribution in [3.8, 4) is 0 Å². The lowest BCUT2D eigenvalue weighted by molar-refractivity contribution is 0.632. The quantitative estimate of drug-likeness (QED) is 0.627. The van der Waals surface area contributed by atoms with Gasteiger partial charge in [-0.1, -0.05) is 0 Å². The minimum atomic E-state index is 0.151. The van der Waals surface area contributed by atoms with Crippen molar-refractivity contribution in [1.82, 2.24) is 5.43 Å². The second-order valence-electron chi connectivity index (χ2n) is 3.03. The number of rotatable bonds is 1. The molecule has 2 rings (SSSR count). The Kier molecular flexibility index (Phi) is 1.90. The molecular weight excluding hydrogens is 164 g/mol. The molecule has 1 aromatic carbocycles. The number of anilines is 2. The summed E-state index contributed by atoms with van der Waals surface area (Å²) in [5.41, 5.74) is 10.6. The summed E-state index contributed by atoms with van der Waals surface area (Å²) >= 11 is 0. The van der Waals surface area contributed by atoms with Crippen LogP contribution in [-0.2, 0) is 0 Å².